The van der Waals surface area contributed by atoms with Gasteiger partial charge in [0, 0.05) is 18.3 Å². The van der Waals surface area contributed by atoms with Crippen molar-refractivity contribution in [3.63, 3.8) is 0 Å². The molecule has 2 heterocycles. The van der Waals surface area contributed by atoms with Gasteiger partial charge in [-0.2, -0.15) is 0 Å². The van der Waals surface area contributed by atoms with Gasteiger partial charge in [-0.15, -0.1) is 0 Å². The number of carbonyl (C=O) groups excluding carboxylic acids is 1. The van der Waals surface area contributed by atoms with Gasteiger partial charge in [-0.05, 0) is 13.3 Å². The smallest absolute Gasteiger partial charge is 0.326 e. The molecule has 1 aromatic heterocycles. The average Bonchev–Trinajstić information content (AvgIpc) is 2.99. The lowest BCUT2D eigenvalue weighted by Gasteiger charge is -2.16. The molecule has 19 heavy (non-hydrogen) atoms. The lowest BCUT2D eigenvalue weighted by molar-refractivity contribution is -0.142. The zero-order valence-corrected chi connectivity index (χ0v) is 10.6. The summed E-state index contributed by atoms with van der Waals surface area (Å²) < 4.78 is 5.31. The average molecular weight is 267 g/mol. The molecule has 0 spiro atoms. The summed E-state index contributed by atoms with van der Waals surface area (Å²) in [5.41, 5.74) is 0.670. The number of rotatable bonds is 5. The minimum atomic E-state index is -1.06. The minimum Gasteiger partial charge on any atom is -0.480 e. The van der Waals surface area contributed by atoms with Crippen LogP contribution in [-0.4, -0.2) is 45.7 Å². The molecule has 2 unspecified atom stereocenters. The van der Waals surface area contributed by atoms with Gasteiger partial charge in [0.1, 0.15) is 6.04 Å². The number of H-pyrrole nitrogens is 1. The molecule has 7 heteroatoms. The topological polar surface area (TPSA) is 104 Å². The number of amides is 1. The lowest BCUT2D eigenvalue weighted by atomic mass is 10.0. The fraction of sp³-hybridized carbons (Fsp3) is 0.583. The Bertz CT molecular complexity index is 446. The van der Waals surface area contributed by atoms with Gasteiger partial charge < -0.3 is 20.1 Å². The highest BCUT2D eigenvalue weighted by atomic mass is 16.5. The third kappa shape index (κ3) is 3.54. The van der Waals surface area contributed by atoms with E-state index in [-0.39, 0.29) is 24.3 Å². The predicted molar refractivity (Wildman–Crippen MR) is 65.4 cm³/mol. The van der Waals surface area contributed by atoms with E-state index in [2.05, 4.69) is 15.3 Å². The van der Waals surface area contributed by atoms with Crippen molar-refractivity contribution < 1.29 is 19.4 Å². The number of aromatic nitrogens is 2. The maximum absolute atomic E-state index is 12.0. The van der Waals surface area contributed by atoms with E-state index in [1.54, 1.807) is 6.20 Å². The van der Waals surface area contributed by atoms with Crippen LogP contribution in [0.2, 0.25) is 0 Å². The van der Waals surface area contributed by atoms with Crippen molar-refractivity contribution in [2.24, 2.45) is 5.92 Å². The van der Waals surface area contributed by atoms with E-state index in [0.717, 1.165) is 0 Å². The molecular formula is C12H17N3O4. The molecule has 1 amide bonds. The standard InChI is InChI=1S/C12H17N3O4/c1-7-2-8(5-19-7)11(16)15-10(12(17)18)3-9-4-13-6-14-9/h4,6-8,10H,2-3,5H2,1H3,(H,13,14)(H,15,16)(H,17,18)/t7?,8?,10-/m0/s1. The normalized spacial score (nSPS) is 24.1. The van der Waals surface area contributed by atoms with Gasteiger partial charge in [0.2, 0.25) is 5.91 Å². The molecule has 104 valence electrons. The molecule has 0 radical (unpaired) electrons. The first kappa shape index (κ1) is 13.5. The maximum Gasteiger partial charge on any atom is 0.326 e. The summed E-state index contributed by atoms with van der Waals surface area (Å²) in [5, 5.41) is 11.7. The zero-order chi connectivity index (χ0) is 13.8. The Kier molecular flexibility index (Phi) is 4.16. The molecule has 0 bridgehead atoms. The fourth-order valence-electron chi connectivity index (χ4n) is 2.11. The van der Waals surface area contributed by atoms with Crippen LogP contribution >= 0.6 is 0 Å². The molecule has 0 aromatic carbocycles. The molecular weight excluding hydrogens is 250 g/mol. The van der Waals surface area contributed by atoms with Gasteiger partial charge in [-0.25, -0.2) is 9.78 Å². The van der Waals surface area contributed by atoms with E-state index < -0.39 is 12.0 Å². The third-order valence-electron chi connectivity index (χ3n) is 3.16. The summed E-state index contributed by atoms with van der Waals surface area (Å²) >= 11 is 0. The second-order valence-corrected chi connectivity index (χ2v) is 4.76. The third-order valence-corrected chi connectivity index (χ3v) is 3.16. The predicted octanol–water partition coefficient (Wildman–Crippen LogP) is -0.0534. The number of aromatic amines is 1. The first-order valence-corrected chi connectivity index (χ1v) is 6.18. The van der Waals surface area contributed by atoms with Crippen molar-refractivity contribution in [3.05, 3.63) is 18.2 Å². The largest absolute Gasteiger partial charge is 0.480 e. The van der Waals surface area contributed by atoms with Crippen molar-refractivity contribution in [1.82, 2.24) is 15.3 Å². The molecule has 0 aliphatic carbocycles. The summed E-state index contributed by atoms with van der Waals surface area (Å²) in [6.07, 6.45) is 3.88. The van der Waals surface area contributed by atoms with Gasteiger partial charge in [-0.1, -0.05) is 0 Å². The van der Waals surface area contributed by atoms with E-state index in [9.17, 15) is 9.59 Å². The van der Waals surface area contributed by atoms with Crippen LogP contribution in [0.15, 0.2) is 12.5 Å². The number of hydrogen-bond donors (Lipinski definition) is 3. The number of carboxylic acid groups (broad SMARTS) is 1. The molecule has 1 aliphatic rings. The van der Waals surface area contributed by atoms with Crippen molar-refractivity contribution in [3.8, 4) is 0 Å². The molecule has 1 aliphatic heterocycles. The Balaban J connectivity index is 1.93. The van der Waals surface area contributed by atoms with Crippen LogP contribution in [0.5, 0.6) is 0 Å². The number of imidazole rings is 1. The van der Waals surface area contributed by atoms with Gasteiger partial charge >= 0.3 is 5.97 Å². The van der Waals surface area contributed by atoms with Crippen LogP contribution in [0.3, 0.4) is 0 Å². The zero-order valence-electron chi connectivity index (χ0n) is 10.6. The first-order valence-electron chi connectivity index (χ1n) is 6.18. The SMILES string of the molecule is CC1CC(C(=O)N[C@@H](Cc2cnc[nH]2)C(=O)O)CO1. The Hall–Kier alpha value is -1.89. The molecule has 1 fully saturated rings. The number of aliphatic carboxylic acids is 1. The minimum absolute atomic E-state index is 0.0478. The van der Waals surface area contributed by atoms with Gasteiger partial charge in [-0.3, -0.25) is 4.79 Å². The van der Waals surface area contributed by atoms with Gasteiger partial charge in [0.25, 0.3) is 0 Å². The number of nitrogens with one attached hydrogen (secondary N) is 2. The van der Waals surface area contributed by atoms with E-state index >= 15 is 0 Å². The van der Waals surface area contributed by atoms with E-state index in [4.69, 9.17) is 9.84 Å². The van der Waals surface area contributed by atoms with E-state index in [1.165, 1.54) is 6.33 Å². The van der Waals surface area contributed by atoms with Gasteiger partial charge in [0.15, 0.2) is 0 Å². The highest BCUT2D eigenvalue weighted by molar-refractivity contribution is 5.85. The Morgan fingerprint density at radius 1 is 1.68 bits per heavy atom. The summed E-state index contributed by atoms with van der Waals surface area (Å²) in [6.45, 7) is 2.25. The van der Waals surface area contributed by atoms with Gasteiger partial charge in [0.05, 0.1) is 25.0 Å². The molecule has 7 nitrogen and oxygen atoms in total. The number of hydrogen-bond acceptors (Lipinski definition) is 4. The second-order valence-electron chi connectivity index (χ2n) is 4.76. The van der Waals surface area contributed by atoms with E-state index in [1.807, 2.05) is 6.92 Å². The van der Waals surface area contributed by atoms with Crippen LogP contribution in [0.1, 0.15) is 19.0 Å². The van der Waals surface area contributed by atoms with Crippen LogP contribution in [-0.2, 0) is 20.7 Å². The Morgan fingerprint density at radius 2 is 2.47 bits per heavy atom. The molecule has 0 saturated carbocycles. The summed E-state index contributed by atoms with van der Waals surface area (Å²) in [6, 6.07) is -0.955. The molecule has 3 N–H and O–H groups in total. The fourth-order valence-corrected chi connectivity index (χ4v) is 2.11. The monoisotopic (exact) mass is 267 g/mol. The Labute approximate surface area is 110 Å². The van der Waals surface area contributed by atoms with Crippen LogP contribution in [0, 0.1) is 5.92 Å². The highest BCUT2D eigenvalue weighted by Gasteiger charge is 2.31. The number of ether oxygens (including phenoxy) is 1. The number of carboxylic acids is 1. The molecule has 3 atom stereocenters. The molecule has 1 saturated heterocycles. The van der Waals surface area contributed by atoms with Crippen LogP contribution in [0.4, 0.5) is 0 Å². The summed E-state index contributed by atoms with van der Waals surface area (Å²) in [4.78, 5) is 29.8. The lowest BCUT2D eigenvalue weighted by Crippen LogP contribution is -2.45. The van der Waals surface area contributed by atoms with E-state index in [0.29, 0.717) is 18.7 Å². The molecule has 2 rings (SSSR count). The second kappa shape index (κ2) is 5.83. The first-order chi connectivity index (χ1) is 9.06. The quantitative estimate of drug-likeness (QED) is 0.693. The summed E-state index contributed by atoms with van der Waals surface area (Å²) in [7, 11) is 0. The highest BCUT2D eigenvalue weighted by Crippen LogP contribution is 2.19. The molecule has 1 aromatic rings. The van der Waals surface area contributed by atoms with Crippen molar-refractivity contribution in [2.75, 3.05) is 6.61 Å². The van der Waals surface area contributed by atoms with Crippen LogP contribution < -0.4 is 5.32 Å². The van der Waals surface area contributed by atoms with Crippen LogP contribution in [0.25, 0.3) is 0 Å². The van der Waals surface area contributed by atoms with Crippen molar-refractivity contribution in [2.45, 2.75) is 31.9 Å². The van der Waals surface area contributed by atoms with Crippen molar-refractivity contribution in [1.29, 1.82) is 0 Å². The number of nitrogens with zero attached hydrogens (tertiary/aromatic N) is 1. The Morgan fingerprint density at radius 3 is 3.00 bits per heavy atom. The number of carbonyl (C=O) groups is 2. The maximum atomic E-state index is 12.0. The van der Waals surface area contributed by atoms with Crippen molar-refractivity contribution >= 4 is 11.9 Å². The summed E-state index contributed by atoms with van der Waals surface area (Å²) in [5.74, 6) is -1.59.